The monoisotopic (exact) mass is 225 g/mol. The van der Waals surface area contributed by atoms with Gasteiger partial charge in [-0.15, -0.1) is 0 Å². The van der Waals surface area contributed by atoms with Crippen molar-refractivity contribution in [1.82, 2.24) is 5.32 Å². The van der Waals surface area contributed by atoms with Crippen LogP contribution < -0.4 is 5.32 Å². The molecule has 1 aliphatic carbocycles. The minimum absolute atomic E-state index is 0.700. The number of benzene rings is 2. The minimum Gasteiger partial charge on any atom is -0.317 e. The third-order valence-electron chi connectivity index (χ3n) is 4.35. The predicted octanol–water partition coefficient (Wildman–Crippen LogP) is 3.55. The average molecular weight is 225 g/mol. The second-order valence-electron chi connectivity index (χ2n) is 5.20. The maximum Gasteiger partial charge on any atom is 0.0101 e. The van der Waals surface area contributed by atoms with Gasteiger partial charge < -0.3 is 5.32 Å². The molecule has 1 fully saturated rings. The van der Waals surface area contributed by atoms with Crippen molar-refractivity contribution in [1.29, 1.82) is 0 Å². The third-order valence-corrected chi connectivity index (χ3v) is 4.35. The molecule has 0 saturated heterocycles. The van der Waals surface area contributed by atoms with Crippen LogP contribution in [-0.4, -0.2) is 13.1 Å². The first-order valence-electron chi connectivity index (χ1n) is 6.45. The minimum atomic E-state index is 0.700. The number of hydrogen-bond acceptors (Lipinski definition) is 1. The van der Waals surface area contributed by atoms with Gasteiger partial charge in [0.15, 0.2) is 0 Å². The van der Waals surface area contributed by atoms with Gasteiger partial charge >= 0.3 is 0 Å². The Balaban J connectivity index is 1.92. The van der Waals surface area contributed by atoms with Gasteiger partial charge in [0.25, 0.3) is 0 Å². The first kappa shape index (κ1) is 10.8. The molecule has 1 N–H and O–H groups in total. The Morgan fingerprint density at radius 2 is 1.82 bits per heavy atom. The van der Waals surface area contributed by atoms with Crippen LogP contribution in [0.25, 0.3) is 10.8 Å². The van der Waals surface area contributed by atoms with E-state index >= 15 is 0 Å². The van der Waals surface area contributed by atoms with Crippen molar-refractivity contribution in [3.8, 4) is 0 Å². The lowest BCUT2D eigenvalue weighted by atomic mass is 9.67. The summed E-state index contributed by atoms with van der Waals surface area (Å²) in [6.07, 6.45) is 1.27. The smallest absolute Gasteiger partial charge is 0.0101 e. The molecule has 2 aromatic carbocycles. The van der Waals surface area contributed by atoms with Crippen LogP contribution in [0.15, 0.2) is 42.5 Å². The molecule has 2 aromatic rings. The molecule has 0 spiro atoms. The van der Waals surface area contributed by atoms with Crippen molar-refractivity contribution in [3.05, 3.63) is 48.0 Å². The predicted molar refractivity (Wildman–Crippen MR) is 73.3 cm³/mol. The molecule has 1 aliphatic rings. The molecule has 1 nitrogen and oxygen atoms in total. The van der Waals surface area contributed by atoms with Crippen molar-refractivity contribution in [2.75, 3.05) is 7.05 Å². The van der Waals surface area contributed by atoms with Crippen LogP contribution in [0.4, 0.5) is 0 Å². The van der Waals surface area contributed by atoms with Crippen molar-refractivity contribution in [2.24, 2.45) is 5.92 Å². The van der Waals surface area contributed by atoms with Crippen molar-refractivity contribution >= 4 is 10.8 Å². The number of hydrogen-bond donors (Lipinski definition) is 1. The largest absolute Gasteiger partial charge is 0.317 e. The number of nitrogens with one attached hydrogen (secondary N) is 1. The van der Waals surface area contributed by atoms with E-state index in [0.717, 1.165) is 11.8 Å². The summed E-state index contributed by atoms with van der Waals surface area (Å²) in [7, 11) is 2.07. The Hall–Kier alpha value is -1.34. The summed E-state index contributed by atoms with van der Waals surface area (Å²) in [4.78, 5) is 0. The van der Waals surface area contributed by atoms with Gasteiger partial charge in [0.05, 0.1) is 0 Å². The zero-order valence-electron chi connectivity index (χ0n) is 10.5. The highest BCUT2D eigenvalue weighted by Gasteiger charge is 2.37. The molecule has 17 heavy (non-hydrogen) atoms. The van der Waals surface area contributed by atoms with Gasteiger partial charge in [0, 0.05) is 6.04 Å². The number of fused-ring (bicyclic) bond motifs is 1. The van der Waals surface area contributed by atoms with Crippen LogP contribution in [0, 0.1) is 5.92 Å². The molecular formula is C16H19N. The van der Waals surface area contributed by atoms with Crippen LogP contribution in [0.3, 0.4) is 0 Å². The van der Waals surface area contributed by atoms with Crippen LogP contribution in [0.2, 0.25) is 0 Å². The normalized spacial score (nSPS) is 28.0. The topological polar surface area (TPSA) is 12.0 Å². The van der Waals surface area contributed by atoms with Gasteiger partial charge in [-0.05, 0) is 41.6 Å². The van der Waals surface area contributed by atoms with E-state index < -0.39 is 0 Å². The quantitative estimate of drug-likeness (QED) is 0.824. The fourth-order valence-electron chi connectivity index (χ4n) is 3.05. The summed E-state index contributed by atoms with van der Waals surface area (Å²) in [5.74, 6) is 1.48. The van der Waals surface area contributed by atoms with Crippen LogP contribution in [0.5, 0.6) is 0 Å². The van der Waals surface area contributed by atoms with Gasteiger partial charge in [-0.1, -0.05) is 49.4 Å². The Morgan fingerprint density at radius 3 is 2.53 bits per heavy atom. The summed E-state index contributed by atoms with van der Waals surface area (Å²) in [5.41, 5.74) is 1.50. The molecule has 3 unspecified atom stereocenters. The van der Waals surface area contributed by atoms with E-state index in [0.29, 0.717) is 6.04 Å². The molecule has 1 saturated carbocycles. The van der Waals surface area contributed by atoms with E-state index in [4.69, 9.17) is 0 Å². The summed E-state index contributed by atoms with van der Waals surface area (Å²) in [6.45, 7) is 2.35. The van der Waals surface area contributed by atoms with E-state index in [2.05, 4.69) is 61.8 Å². The first-order chi connectivity index (χ1) is 8.29. The summed E-state index contributed by atoms with van der Waals surface area (Å²) in [5, 5.41) is 6.10. The van der Waals surface area contributed by atoms with E-state index in [-0.39, 0.29) is 0 Å². The lowest BCUT2D eigenvalue weighted by molar-refractivity contribution is 0.194. The second kappa shape index (κ2) is 4.15. The fourth-order valence-corrected chi connectivity index (χ4v) is 3.05. The lowest BCUT2D eigenvalue weighted by Gasteiger charge is -2.43. The zero-order chi connectivity index (χ0) is 11.8. The fraction of sp³-hybridized carbons (Fsp3) is 0.375. The molecule has 1 heteroatoms. The van der Waals surface area contributed by atoms with E-state index in [1.165, 1.54) is 22.8 Å². The molecule has 3 rings (SSSR count). The Labute approximate surface area is 103 Å². The van der Waals surface area contributed by atoms with Gasteiger partial charge in [0.2, 0.25) is 0 Å². The average Bonchev–Trinajstić information content (AvgIpc) is 2.37. The molecule has 88 valence electrons. The van der Waals surface area contributed by atoms with E-state index in [1.807, 2.05) is 0 Å². The summed E-state index contributed by atoms with van der Waals surface area (Å²) < 4.78 is 0. The highest BCUT2D eigenvalue weighted by Crippen LogP contribution is 2.42. The Morgan fingerprint density at radius 1 is 1.06 bits per heavy atom. The molecule has 0 bridgehead atoms. The van der Waals surface area contributed by atoms with Gasteiger partial charge in [0.1, 0.15) is 0 Å². The zero-order valence-corrected chi connectivity index (χ0v) is 10.5. The molecule has 0 heterocycles. The third kappa shape index (κ3) is 1.75. The van der Waals surface area contributed by atoms with E-state index in [1.54, 1.807) is 0 Å². The summed E-state index contributed by atoms with van der Waals surface area (Å²) >= 11 is 0. The van der Waals surface area contributed by atoms with Crippen molar-refractivity contribution in [2.45, 2.75) is 25.3 Å². The maximum atomic E-state index is 3.39. The molecule has 0 radical (unpaired) electrons. The van der Waals surface area contributed by atoms with Crippen molar-refractivity contribution < 1.29 is 0 Å². The lowest BCUT2D eigenvalue weighted by Crippen LogP contribution is -2.46. The Kier molecular flexibility index (Phi) is 2.64. The summed E-state index contributed by atoms with van der Waals surface area (Å²) in [6, 6.07) is 16.2. The highest BCUT2D eigenvalue weighted by atomic mass is 14.9. The van der Waals surface area contributed by atoms with Crippen LogP contribution >= 0.6 is 0 Å². The van der Waals surface area contributed by atoms with E-state index in [9.17, 15) is 0 Å². The second-order valence-corrected chi connectivity index (χ2v) is 5.20. The van der Waals surface area contributed by atoms with Crippen LogP contribution in [0.1, 0.15) is 24.8 Å². The molecule has 3 atom stereocenters. The molecule has 0 aromatic heterocycles. The first-order valence-corrected chi connectivity index (χ1v) is 6.45. The standard InChI is InChI=1S/C16H19N/c1-11-15(10-16(11)17-2)14-8-7-12-5-3-4-6-13(12)9-14/h3-9,11,15-17H,10H2,1-2H3. The van der Waals surface area contributed by atoms with Crippen molar-refractivity contribution in [3.63, 3.8) is 0 Å². The van der Waals surface area contributed by atoms with Crippen LogP contribution in [-0.2, 0) is 0 Å². The van der Waals surface area contributed by atoms with Gasteiger partial charge in [-0.3, -0.25) is 0 Å². The molecule has 0 amide bonds. The highest BCUT2D eigenvalue weighted by molar-refractivity contribution is 5.83. The van der Waals surface area contributed by atoms with Gasteiger partial charge in [-0.2, -0.15) is 0 Å². The van der Waals surface area contributed by atoms with Gasteiger partial charge in [-0.25, -0.2) is 0 Å². The SMILES string of the molecule is CNC1CC(c2ccc3ccccc3c2)C1C. The molecular weight excluding hydrogens is 206 g/mol. The number of rotatable bonds is 2. The Bertz CT molecular complexity index is 532. The maximum absolute atomic E-state index is 3.39. The molecule has 0 aliphatic heterocycles.